The summed E-state index contributed by atoms with van der Waals surface area (Å²) in [7, 11) is 0. The first kappa shape index (κ1) is 27.9. The Bertz CT molecular complexity index is 267. The third-order valence-electron chi connectivity index (χ3n) is 5.67. The van der Waals surface area contributed by atoms with Gasteiger partial charge in [0.25, 0.3) is 0 Å². The molecule has 0 aliphatic heterocycles. The average Bonchev–Trinajstić information content (AvgIpc) is 2.70. The molecular weight excluding hydrogens is 344 g/mol. The van der Waals surface area contributed by atoms with Gasteiger partial charge in [0.15, 0.2) is 0 Å². The molecule has 28 heavy (non-hydrogen) atoms. The summed E-state index contributed by atoms with van der Waals surface area (Å²) in [4.78, 5) is 0. The lowest BCUT2D eigenvalue weighted by molar-refractivity contribution is 0.0874. The molecular formula is C26H54O2. The second-order valence-electron chi connectivity index (χ2n) is 8.88. The average molecular weight is 399 g/mol. The van der Waals surface area contributed by atoms with Crippen molar-refractivity contribution in [3.05, 3.63) is 0 Å². The summed E-state index contributed by atoms with van der Waals surface area (Å²) in [5, 5.41) is 0. The fraction of sp³-hybridized carbons (Fsp3) is 1.00. The molecule has 0 spiro atoms. The van der Waals surface area contributed by atoms with Crippen LogP contribution in [0.2, 0.25) is 0 Å². The molecule has 0 aromatic rings. The molecule has 0 saturated heterocycles. The van der Waals surface area contributed by atoms with Gasteiger partial charge >= 0.3 is 0 Å². The van der Waals surface area contributed by atoms with E-state index in [-0.39, 0.29) is 0 Å². The highest BCUT2D eigenvalue weighted by atomic mass is 16.5. The quantitative estimate of drug-likeness (QED) is 0.151. The van der Waals surface area contributed by atoms with Gasteiger partial charge in [-0.1, -0.05) is 111 Å². The minimum absolute atomic E-state index is 0.667. The van der Waals surface area contributed by atoms with Crippen molar-refractivity contribution in [2.75, 3.05) is 26.4 Å². The molecule has 0 amide bonds. The molecule has 2 heteroatoms. The van der Waals surface area contributed by atoms with Crippen molar-refractivity contribution in [1.82, 2.24) is 0 Å². The van der Waals surface area contributed by atoms with Crippen LogP contribution >= 0.6 is 0 Å². The summed E-state index contributed by atoms with van der Waals surface area (Å²) in [5.74, 6) is 0.667. The number of unbranched alkanes of at least 4 members (excludes halogenated alkanes) is 14. The topological polar surface area (TPSA) is 18.5 Å². The van der Waals surface area contributed by atoms with Gasteiger partial charge in [0.2, 0.25) is 0 Å². The van der Waals surface area contributed by atoms with E-state index in [4.69, 9.17) is 9.47 Å². The molecule has 0 rings (SSSR count). The van der Waals surface area contributed by atoms with Gasteiger partial charge in [-0.2, -0.15) is 0 Å². The summed E-state index contributed by atoms with van der Waals surface area (Å²) in [6.45, 7) is 10.6. The smallest absolute Gasteiger partial charge is 0.0491 e. The Morgan fingerprint density at radius 2 is 0.857 bits per heavy atom. The SMILES string of the molecule is CCCCCCCCCCOCCCC(C)COCCCCCCCCCC. The molecule has 0 saturated carbocycles. The van der Waals surface area contributed by atoms with Crippen molar-refractivity contribution >= 4 is 0 Å². The van der Waals surface area contributed by atoms with Crippen LogP contribution in [0.25, 0.3) is 0 Å². The summed E-state index contributed by atoms with van der Waals surface area (Å²) in [5.41, 5.74) is 0. The van der Waals surface area contributed by atoms with Crippen molar-refractivity contribution < 1.29 is 9.47 Å². The highest BCUT2D eigenvalue weighted by Crippen LogP contribution is 2.11. The molecule has 0 N–H and O–H groups in total. The van der Waals surface area contributed by atoms with Crippen molar-refractivity contribution in [2.45, 2.75) is 136 Å². The Hall–Kier alpha value is -0.0800. The minimum Gasteiger partial charge on any atom is -0.381 e. The molecule has 0 aromatic carbocycles. The first-order valence-corrected chi connectivity index (χ1v) is 13.0. The number of hydrogen-bond donors (Lipinski definition) is 0. The predicted molar refractivity (Wildman–Crippen MR) is 125 cm³/mol. The maximum absolute atomic E-state index is 5.86. The Morgan fingerprint density at radius 3 is 1.36 bits per heavy atom. The van der Waals surface area contributed by atoms with Crippen LogP contribution in [0.15, 0.2) is 0 Å². The van der Waals surface area contributed by atoms with Gasteiger partial charge < -0.3 is 9.47 Å². The lowest BCUT2D eigenvalue weighted by atomic mass is 10.1. The van der Waals surface area contributed by atoms with E-state index in [2.05, 4.69) is 20.8 Å². The first-order valence-electron chi connectivity index (χ1n) is 13.0. The highest BCUT2D eigenvalue weighted by Gasteiger charge is 2.02. The molecule has 0 fully saturated rings. The third-order valence-corrected chi connectivity index (χ3v) is 5.67. The molecule has 2 nitrogen and oxygen atoms in total. The third kappa shape index (κ3) is 24.0. The van der Waals surface area contributed by atoms with Gasteiger partial charge in [-0.15, -0.1) is 0 Å². The maximum atomic E-state index is 5.86. The summed E-state index contributed by atoms with van der Waals surface area (Å²) >= 11 is 0. The van der Waals surface area contributed by atoms with E-state index in [9.17, 15) is 0 Å². The van der Waals surface area contributed by atoms with E-state index >= 15 is 0 Å². The van der Waals surface area contributed by atoms with Crippen LogP contribution < -0.4 is 0 Å². The van der Waals surface area contributed by atoms with E-state index in [1.807, 2.05) is 0 Å². The Balaban J connectivity index is 3.12. The van der Waals surface area contributed by atoms with Crippen molar-refractivity contribution in [3.8, 4) is 0 Å². The molecule has 0 aromatic heterocycles. The zero-order valence-corrected chi connectivity index (χ0v) is 20.0. The van der Waals surface area contributed by atoms with E-state index in [0.717, 1.165) is 26.4 Å². The Labute approximate surface area is 178 Å². The van der Waals surface area contributed by atoms with Crippen LogP contribution in [-0.4, -0.2) is 26.4 Å². The monoisotopic (exact) mass is 398 g/mol. The van der Waals surface area contributed by atoms with Crippen LogP contribution in [0.4, 0.5) is 0 Å². The summed E-state index contributed by atoms with van der Waals surface area (Å²) in [6, 6.07) is 0. The second kappa shape index (κ2) is 25.0. The highest BCUT2D eigenvalue weighted by molar-refractivity contribution is 4.53. The van der Waals surface area contributed by atoms with Crippen LogP contribution in [0.1, 0.15) is 136 Å². The lowest BCUT2D eigenvalue weighted by Gasteiger charge is -2.12. The molecule has 0 aliphatic rings. The van der Waals surface area contributed by atoms with Crippen LogP contribution in [0.5, 0.6) is 0 Å². The van der Waals surface area contributed by atoms with Gasteiger partial charge in [0.1, 0.15) is 0 Å². The van der Waals surface area contributed by atoms with Crippen LogP contribution in [0.3, 0.4) is 0 Å². The first-order chi connectivity index (χ1) is 13.8. The number of rotatable bonds is 24. The Kier molecular flexibility index (Phi) is 24.9. The molecule has 1 atom stereocenters. The molecule has 0 bridgehead atoms. The molecule has 0 radical (unpaired) electrons. The lowest BCUT2D eigenvalue weighted by Crippen LogP contribution is -2.08. The molecule has 0 aliphatic carbocycles. The van der Waals surface area contributed by atoms with Crippen molar-refractivity contribution in [2.24, 2.45) is 5.92 Å². The zero-order chi connectivity index (χ0) is 20.5. The number of ether oxygens (including phenoxy) is 2. The van der Waals surface area contributed by atoms with E-state index in [1.165, 1.54) is 116 Å². The molecule has 1 unspecified atom stereocenters. The predicted octanol–water partition coefficient (Wildman–Crippen LogP) is 8.72. The number of hydrogen-bond acceptors (Lipinski definition) is 2. The molecule has 0 heterocycles. The van der Waals surface area contributed by atoms with Gasteiger partial charge in [-0.25, -0.2) is 0 Å². The van der Waals surface area contributed by atoms with Gasteiger partial charge in [0, 0.05) is 26.4 Å². The standard InChI is InChI=1S/C26H54O2/c1-4-6-8-10-12-14-16-18-22-27-24-20-21-26(3)25-28-23-19-17-15-13-11-9-7-5-2/h26H,4-25H2,1-3H3. The summed E-state index contributed by atoms with van der Waals surface area (Å²) in [6.07, 6.45) is 24.4. The Morgan fingerprint density at radius 1 is 0.464 bits per heavy atom. The fourth-order valence-electron chi connectivity index (χ4n) is 3.68. The zero-order valence-electron chi connectivity index (χ0n) is 20.0. The van der Waals surface area contributed by atoms with Crippen LogP contribution in [0, 0.1) is 5.92 Å². The van der Waals surface area contributed by atoms with Crippen molar-refractivity contribution in [1.29, 1.82) is 0 Å². The van der Waals surface area contributed by atoms with Crippen molar-refractivity contribution in [3.63, 3.8) is 0 Å². The van der Waals surface area contributed by atoms with Gasteiger partial charge in [0.05, 0.1) is 0 Å². The fourth-order valence-corrected chi connectivity index (χ4v) is 3.68. The summed E-state index contributed by atoms with van der Waals surface area (Å²) < 4.78 is 11.7. The minimum atomic E-state index is 0.667. The van der Waals surface area contributed by atoms with Gasteiger partial charge in [-0.05, 0) is 31.6 Å². The normalized spacial score (nSPS) is 12.5. The van der Waals surface area contributed by atoms with Crippen LogP contribution in [-0.2, 0) is 9.47 Å². The van der Waals surface area contributed by atoms with E-state index < -0.39 is 0 Å². The largest absolute Gasteiger partial charge is 0.381 e. The van der Waals surface area contributed by atoms with E-state index in [0.29, 0.717) is 5.92 Å². The molecule has 170 valence electrons. The van der Waals surface area contributed by atoms with Gasteiger partial charge in [-0.3, -0.25) is 0 Å². The van der Waals surface area contributed by atoms with E-state index in [1.54, 1.807) is 0 Å². The maximum Gasteiger partial charge on any atom is 0.0491 e. The second-order valence-corrected chi connectivity index (χ2v) is 8.88.